The minimum absolute atomic E-state index is 0.119. The molecule has 0 bridgehead atoms. The van der Waals surface area contributed by atoms with Gasteiger partial charge in [-0.3, -0.25) is 9.48 Å². The molecular weight excluding hydrogens is 282 g/mol. The number of aryl methyl sites for hydroxylation is 1. The van der Waals surface area contributed by atoms with E-state index >= 15 is 0 Å². The fourth-order valence-electron chi connectivity index (χ4n) is 2.53. The largest absolute Gasteiger partial charge is 0.376 e. The molecule has 2 heterocycles. The molecule has 1 aliphatic rings. The normalized spacial score (nSPS) is 20.1. The molecule has 2 unspecified atom stereocenters. The number of nitrogens with one attached hydrogen (secondary N) is 1. The van der Waals surface area contributed by atoms with Crippen LogP contribution in [0.4, 0.5) is 5.69 Å². The van der Waals surface area contributed by atoms with Crippen LogP contribution in [0.2, 0.25) is 0 Å². The summed E-state index contributed by atoms with van der Waals surface area (Å²) in [6.45, 7) is 7.14. The number of carbonyl (C=O) groups is 1. The molecular formula is C16H27N3O3. The number of carbonyl (C=O) groups excluding carboxylic acids is 1. The third-order valence-electron chi connectivity index (χ3n) is 3.84. The Morgan fingerprint density at radius 2 is 2.27 bits per heavy atom. The first-order chi connectivity index (χ1) is 10.5. The van der Waals surface area contributed by atoms with E-state index in [9.17, 15) is 4.79 Å². The standard InChI is InChI=1S/C16H27N3O3/c1-11(2)15-14(9-19(4)18-15)17-16(20)12(3)22-10-13-7-5-6-8-21-13/h9,11-13H,5-8,10H2,1-4H3,(H,17,20). The van der Waals surface area contributed by atoms with Crippen LogP contribution < -0.4 is 5.32 Å². The van der Waals surface area contributed by atoms with Gasteiger partial charge >= 0.3 is 0 Å². The van der Waals surface area contributed by atoms with E-state index in [0.29, 0.717) is 6.61 Å². The lowest BCUT2D eigenvalue weighted by atomic mass is 10.1. The summed E-state index contributed by atoms with van der Waals surface area (Å²) in [5, 5.41) is 7.30. The zero-order valence-corrected chi connectivity index (χ0v) is 14.0. The lowest BCUT2D eigenvalue weighted by molar-refractivity contribution is -0.130. The number of amides is 1. The monoisotopic (exact) mass is 309 g/mol. The van der Waals surface area contributed by atoms with Gasteiger partial charge in [0.05, 0.1) is 24.1 Å². The summed E-state index contributed by atoms with van der Waals surface area (Å²) in [5.74, 6) is 0.106. The van der Waals surface area contributed by atoms with Crippen LogP contribution in [-0.2, 0) is 21.3 Å². The van der Waals surface area contributed by atoms with E-state index in [4.69, 9.17) is 9.47 Å². The Hall–Kier alpha value is -1.40. The van der Waals surface area contributed by atoms with Gasteiger partial charge in [0.15, 0.2) is 0 Å². The predicted molar refractivity (Wildman–Crippen MR) is 84.9 cm³/mol. The van der Waals surface area contributed by atoms with Gasteiger partial charge in [-0.25, -0.2) is 0 Å². The second kappa shape index (κ2) is 7.74. The molecule has 1 saturated heterocycles. The zero-order valence-electron chi connectivity index (χ0n) is 14.0. The van der Waals surface area contributed by atoms with E-state index < -0.39 is 6.10 Å². The van der Waals surface area contributed by atoms with Gasteiger partial charge in [0.2, 0.25) is 0 Å². The average Bonchev–Trinajstić information content (AvgIpc) is 2.86. The summed E-state index contributed by atoms with van der Waals surface area (Å²) < 4.78 is 13.0. The summed E-state index contributed by atoms with van der Waals surface area (Å²) in [4.78, 5) is 12.3. The second-order valence-electron chi connectivity index (χ2n) is 6.21. The Kier molecular flexibility index (Phi) is 5.97. The second-order valence-corrected chi connectivity index (χ2v) is 6.21. The highest BCUT2D eigenvalue weighted by atomic mass is 16.5. The van der Waals surface area contributed by atoms with Crippen molar-refractivity contribution < 1.29 is 14.3 Å². The first kappa shape index (κ1) is 17.0. The minimum atomic E-state index is -0.509. The van der Waals surface area contributed by atoms with Crippen molar-refractivity contribution in [1.82, 2.24) is 9.78 Å². The highest BCUT2D eigenvalue weighted by molar-refractivity contribution is 5.94. The van der Waals surface area contributed by atoms with E-state index in [1.807, 2.05) is 13.2 Å². The van der Waals surface area contributed by atoms with Gasteiger partial charge in [0.1, 0.15) is 6.10 Å². The fourth-order valence-corrected chi connectivity index (χ4v) is 2.53. The molecule has 1 aromatic rings. The summed E-state index contributed by atoms with van der Waals surface area (Å²) in [5.41, 5.74) is 1.64. The Balaban J connectivity index is 1.85. The zero-order chi connectivity index (χ0) is 16.1. The number of hydrogen-bond acceptors (Lipinski definition) is 4. The molecule has 0 aromatic carbocycles. The molecule has 22 heavy (non-hydrogen) atoms. The van der Waals surface area contributed by atoms with E-state index in [0.717, 1.165) is 30.8 Å². The highest BCUT2D eigenvalue weighted by Crippen LogP contribution is 2.22. The van der Waals surface area contributed by atoms with Crippen molar-refractivity contribution in [2.45, 2.75) is 58.2 Å². The summed E-state index contributed by atoms with van der Waals surface area (Å²) in [6, 6.07) is 0. The van der Waals surface area contributed by atoms with E-state index in [1.165, 1.54) is 6.42 Å². The van der Waals surface area contributed by atoms with Crippen molar-refractivity contribution >= 4 is 11.6 Å². The lowest BCUT2D eigenvalue weighted by Crippen LogP contribution is -2.32. The van der Waals surface area contributed by atoms with Crippen LogP contribution >= 0.6 is 0 Å². The molecule has 1 amide bonds. The fraction of sp³-hybridized carbons (Fsp3) is 0.750. The van der Waals surface area contributed by atoms with Crippen LogP contribution in [0.1, 0.15) is 51.6 Å². The molecule has 0 aliphatic carbocycles. The van der Waals surface area contributed by atoms with Gasteiger partial charge < -0.3 is 14.8 Å². The Labute approximate surface area is 132 Å². The quantitative estimate of drug-likeness (QED) is 0.876. The molecule has 2 atom stereocenters. The van der Waals surface area contributed by atoms with Crippen LogP contribution in [0.5, 0.6) is 0 Å². The maximum atomic E-state index is 12.3. The van der Waals surface area contributed by atoms with E-state index in [2.05, 4.69) is 24.3 Å². The molecule has 2 rings (SSSR count). The van der Waals surface area contributed by atoms with Crippen molar-refractivity contribution in [3.63, 3.8) is 0 Å². The average molecular weight is 309 g/mol. The predicted octanol–water partition coefficient (Wildman–Crippen LogP) is 2.46. The maximum Gasteiger partial charge on any atom is 0.253 e. The molecule has 0 saturated carbocycles. The van der Waals surface area contributed by atoms with Crippen LogP contribution in [0, 0.1) is 0 Å². The van der Waals surface area contributed by atoms with Crippen LogP contribution in [0.3, 0.4) is 0 Å². The van der Waals surface area contributed by atoms with Crippen LogP contribution in [0.25, 0.3) is 0 Å². The van der Waals surface area contributed by atoms with Crippen molar-refractivity contribution in [1.29, 1.82) is 0 Å². The summed E-state index contributed by atoms with van der Waals surface area (Å²) >= 11 is 0. The highest BCUT2D eigenvalue weighted by Gasteiger charge is 2.21. The topological polar surface area (TPSA) is 65.4 Å². The van der Waals surface area contributed by atoms with Crippen LogP contribution in [-0.4, -0.2) is 41.1 Å². The van der Waals surface area contributed by atoms with Gasteiger partial charge in [-0.2, -0.15) is 5.10 Å². The van der Waals surface area contributed by atoms with Gasteiger partial charge in [0, 0.05) is 19.9 Å². The van der Waals surface area contributed by atoms with E-state index in [1.54, 1.807) is 11.6 Å². The molecule has 1 N–H and O–H groups in total. The number of ether oxygens (including phenoxy) is 2. The third kappa shape index (κ3) is 4.55. The number of nitrogens with zero attached hydrogens (tertiary/aromatic N) is 2. The van der Waals surface area contributed by atoms with Gasteiger partial charge in [-0.05, 0) is 32.1 Å². The van der Waals surface area contributed by atoms with Crippen molar-refractivity contribution in [2.75, 3.05) is 18.5 Å². The molecule has 1 fully saturated rings. The first-order valence-corrected chi connectivity index (χ1v) is 8.05. The smallest absolute Gasteiger partial charge is 0.253 e. The summed E-state index contributed by atoms with van der Waals surface area (Å²) in [6.07, 6.45) is 4.73. The van der Waals surface area contributed by atoms with Gasteiger partial charge in [-0.15, -0.1) is 0 Å². The maximum absolute atomic E-state index is 12.3. The molecule has 1 aliphatic heterocycles. The first-order valence-electron chi connectivity index (χ1n) is 8.05. The number of rotatable bonds is 6. The Morgan fingerprint density at radius 1 is 1.50 bits per heavy atom. The molecule has 124 valence electrons. The lowest BCUT2D eigenvalue weighted by Gasteiger charge is -2.23. The number of hydrogen-bond donors (Lipinski definition) is 1. The molecule has 6 heteroatoms. The van der Waals surface area contributed by atoms with Crippen molar-refractivity contribution in [3.8, 4) is 0 Å². The van der Waals surface area contributed by atoms with Gasteiger partial charge in [0.25, 0.3) is 5.91 Å². The number of anilines is 1. The SMILES string of the molecule is CC(OCC1CCCCO1)C(=O)Nc1cn(C)nc1C(C)C. The van der Waals surface area contributed by atoms with Crippen molar-refractivity contribution in [2.24, 2.45) is 7.05 Å². The molecule has 1 aromatic heterocycles. The third-order valence-corrected chi connectivity index (χ3v) is 3.84. The summed E-state index contributed by atoms with van der Waals surface area (Å²) in [7, 11) is 1.85. The Bertz CT molecular complexity index is 493. The minimum Gasteiger partial charge on any atom is -0.376 e. The van der Waals surface area contributed by atoms with Crippen LogP contribution in [0.15, 0.2) is 6.20 Å². The van der Waals surface area contributed by atoms with E-state index in [-0.39, 0.29) is 17.9 Å². The van der Waals surface area contributed by atoms with Gasteiger partial charge in [-0.1, -0.05) is 13.8 Å². The Morgan fingerprint density at radius 3 is 2.91 bits per heavy atom. The van der Waals surface area contributed by atoms with Crippen molar-refractivity contribution in [3.05, 3.63) is 11.9 Å². The molecule has 6 nitrogen and oxygen atoms in total. The number of aromatic nitrogens is 2. The molecule has 0 radical (unpaired) electrons. The molecule has 0 spiro atoms.